The normalized spacial score (nSPS) is 16.0. The zero-order valence-electron chi connectivity index (χ0n) is 41.6. The number of aromatic amines is 3. The molecule has 3 aromatic heterocycles. The van der Waals surface area contributed by atoms with Gasteiger partial charge in [-0.3, -0.25) is 33.6 Å². The number of aliphatic carboxylic acids is 1. The molecule has 1 aliphatic heterocycles. The number of H-pyrrole nitrogens is 3. The molecule has 0 unspecified atom stereocenters. The Morgan fingerprint density at radius 2 is 1.07 bits per heavy atom. The molecule has 0 saturated carbocycles. The summed E-state index contributed by atoms with van der Waals surface area (Å²) in [6.07, 6.45) is 7.57. The number of carboxylic acid groups (broad SMARTS) is 1. The molecule has 1 saturated heterocycles. The molecule has 7 rings (SSSR count). The first kappa shape index (κ1) is 54.1. The minimum absolute atomic E-state index is 0.0633. The second kappa shape index (κ2) is 24.9. The average Bonchev–Trinajstić information content (AvgIpc) is 4.21. The van der Waals surface area contributed by atoms with Gasteiger partial charge in [0.2, 0.25) is 41.4 Å². The molecule has 0 spiro atoms. The van der Waals surface area contributed by atoms with Crippen molar-refractivity contribution < 1.29 is 43.5 Å². The van der Waals surface area contributed by atoms with Crippen LogP contribution in [0.25, 0.3) is 32.7 Å². The van der Waals surface area contributed by atoms with Crippen LogP contribution in [0.1, 0.15) is 62.6 Å². The lowest BCUT2D eigenvalue weighted by Gasteiger charge is -2.30. The Labute approximate surface area is 431 Å². The molecule has 7 atom stereocenters. The van der Waals surface area contributed by atoms with Crippen molar-refractivity contribution in [2.45, 2.75) is 108 Å². The zero-order valence-corrected chi connectivity index (χ0v) is 42.4. The van der Waals surface area contributed by atoms with Crippen LogP contribution in [0.4, 0.5) is 0 Å². The first-order valence-corrected chi connectivity index (χ1v) is 26.1. The van der Waals surface area contributed by atoms with Crippen molar-refractivity contribution in [3.8, 4) is 0 Å². The summed E-state index contributed by atoms with van der Waals surface area (Å²) in [6, 6.07) is 13.4. The van der Waals surface area contributed by atoms with E-state index in [9.17, 15) is 38.7 Å². The summed E-state index contributed by atoms with van der Waals surface area (Å²) >= 11 is 1.57. The summed E-state index contributed by atoms with van der Waals surface area (Å²) in [4.78, 5) is 121. The highest BCUT2D eigenvalue weighted by Crippen LogP contribution is 2.24. The van der Waals surface area contributed by atoms with Crippen molar-refractivity contribution in [3.63, 3.8) is 0 Å². The molecule has 4 heterocycles. The number of hydrogen-bond acceptors (Lipinski definition) is 10. The van der Waals surface area contributed by atoms with Crippen LogP contribution in [0.15, 0.2) is 91.4 Å². The predicted octanol–water partition coefficient (Wildman–Crippen LogP) is 2.66. The Morgan fingerprint density at radius 1 is 0.649 bits per heavy atom. The summed E-state index contributed by atoms with van der Waals surface area (Å²) in [6.45, 7) is 4.12. The van der Waals surface area contributed by atoms with Crippen LogP contribution >= 0.6 is 11.8 Å². The van der Waals surface area contributed by atoms with E-state index in [1.807, 2.05) is 86.8 Å². The van der Waals surface area contributed by atoms with Gasteiger partial charge in [0.05, 0.1) is 12.5 Å². The number of nitrogens with zero attached hydrogens (tertiary/aromatic N) is 1. The zero-order chi connectivity index (χ0) is 53.1. The minimum Gasteiger partial charge on any atom is -0.480 e. The molecule has 3 aromatic carbocycles. The van der Waals surface area contributed by atoms with E-state index in [1.54, 1.807) is 36.4 Å². The third-order valence-corrected chi connectivity index (χ3v) is 14.0. The quantitative estimate of drug-likeness (QED) is 0.0396. The highest BCUT2D eigenvalue weighted by Gasteiger charge is 2.39. The van der Waals surface area contributed by atoms with Crippen molar-refractivity contribution >= 4 is 91.8 Å². The van der Waals surface area contributed by atoms with Crippen LogP contribution in [0.5, 0.6) is 0 Å². The number of fused-ring (bicyclic) bond motifs is 3. The highest BCUT2D eigenvalue weighted by molar-refractivity contribution is 7.98. The third-order valence-electron chi connectivity index (χ3n) is 13.3. The molecule has 392 valence electrons. The lowest BCUT2D eigenvalue weighted by molar-refractivity contribution is -0.143. The van der Waals surface area contributed by atoms with Gasteiger partial charge in [0.1, 0.15) is 36.3 Å². The fourth-order valence-electron chi connectivity index (χ4n) is 9.53. The van der Waals surface area contributed by atoms with E-state index in [2.05, 4.69) is 41.5 Å². The minimum atomic E-state index is -1.71. The van der Waals surface area contributed by atoms with Crippen LogP contribution < -0.4 is 38.1 Å². The van der Waals surface area contributed by atoms with E-state index >= 15 is 4.79 Å². The van der Waals surface area contributed by atoms with E-state index in [0.29, 0.717) is 48.3 Å². The fourth-order valence-corrected chi connectivity index (χ4v) is 10.0. The number of rotatable bonds is 25. The number of benzene rings is 3. The van der Waals surface area contributed by atoms with Crippen molar-refractivity contribution in [1.82, 2.24) is 46.4 Å². The van der Waals surface area contributed by atoms with E-state index < -0.39 is 90.1 Å². The highest BCUT2D eigenvalue weighted by atomic mass is 32.2. The van der Waals surface area contributed by atoms with E-state index in [1.165, 1.54) is 4.90 Å². The maximum Gasteiger partial charge on any atom is 0.326 e. The fraction of sp³-hybridized carbons (Fsp3) is 0.396. The Bertz CT molecular complexity index is 3000. The summed E-state index contributed by atoms with van der Waals surface area (Å²) < 4.78 is 0. The van der Waals surface area contributed by atoms with Gasteiger partial charge in [0, 0.05) is 77.1 Å². The van der Waals surface area contributed by atoms with Crippen LogP contribution in [0.2, 0.25) is 0 Å². The summed E-state index contributed by atoms with van der Waals surface area (Å²) in [5.74, 6) is -5.96. The molecular weight excluding hydrogens is 967 g/mol. The van der Waals surface area contributed by atoms with Crippen molar-refractivity contribution in [1.29, 1.82) is 0 Å². The van der Waals surface area contributed by atoms with E-state index in [4.69, 9.17) is 11.5 Å². The molecule has 13 N–H and O–H groups in total. The van der Waals surface area contributed by atoms with Gasteiger partial charge >= 0.3 is 5.97 Å². The number of carbonyl (C=O) groups excluding carboxylic acids is 7. The molecule has 0 bridgehead atoms. The molecule has 6 aromatic rings. The molecular formula is C53H65N11O9S. The molecule has 0 aliphatic carbocycles. The Morgan fingerprint density at radius 3 is 1.47 bits per heavy atom. The topological polar surface area (TPSA) is 320 Å². The maximum absolute atomic E-state index is 15.1. The average molecular weight is 1030 g/mol. The lowest BCUT2D eigenvalue weighted by atomic mass is 9.99. The Hall–Kier alpha value is -7.65. The monoisotopic (exact) mass is 1030 g/mol. The van der Waals surface area contributed by atoms with Gasteiger partial charge in [0.15, 0.2) is 0 Å². The first-order valence-electron chi connectivity index (χ1n) is 24.7. The van der Waals surface area contributed by atoms with Crippen LogP contribution in [0.3, 0.4) is 0 Å². The molecule has 74 heavy (non-hydrogen) atoms. The number of hydrogen-bond donors (Lipinski definition) is 11. The second-order valence-electron chi connectivity index (χ2n) is 19.2. The number of primary amides is 1. The number of nitrogens with one attached hydrogen (secondary N) is 8. The number of thioether (sulfide) groups is 1. The van der Waals surface area contributed by atoms with Gasteiger partial charge in [-0.05, 0) is 78.5 Å². The number of aromatic nitrogens is 3. The van der Waals surface area contributed by atoms with Gasteiger partial charge in [-0.2, -0.15) is 11.8 Å². The SMILES string of the molecule is CSCC[C@H](N)C(=O)N1CCC[C@H]1C(=O)N[C@@H](CC(C)C)C(=O)N[C@@H](Cc1c[nH]c2ccccc12)C(=O)N[C@@H](Cc1c[nH]c2ccccc12)C(=O)N[C@@H](Cc1c[nH]c2ccccc12)C(=O)N[C@@H](CC(N)=O)C(=O)O. The van der Waals surface area contributed by atoms with Crippen molar-refractivity contribution in [2.24, 2.45) is 17.4 Å². The third kappa shape index (κ3) is 13.5. The van der Waals surface area contributed by atoms with E-state index in [-0.39, 0.29) is 37.5 Å². The molecule has 21 heteroatoms. The molecule has 1 aliphatic rings. The summed E-state index contributed by atoms with van der Waals surface area (Å²) in [7, 11) is 0. The van der Waals surface area contributed by atoms with Crippen LogP contribution in [-0.2, 0) is 57.6 Å². The first-order chi connectivity index (χ1) is 35.5. The Kier molecular flexibility index (Phi) is 18.2. The number of carboxylic acids is 1. The van der Waals surface area contributed by atoms with Gasteiger partial charge in [-0.1, -0.05) is 68.4 Å². The number of para-hydroxylation sites is 3. The van der Waals surface area contributed by atoms with Gasteiger partial charge in [-0.25, -0.2) is 4.79 Å². The smallest absolute Gasteiger partial charge is 0.326 e. The van der Waals surface area contributed by atoms with E-state index in [0.717, 1.165) is 32.7 Å². The predicted molar refractivity (Wildman–Crippen MR) is 282 cm³/mol. The molecule has 20 nitrogen and oxygen atoms in total. The number of amides is 7. The summed E-state index contributed by atoms with van der Waals surface area (Å²) in [5, 5.41) is 26.0. The Balaban J connectivity index is 1.20. The van der Waals surface area contributed by atoms with Gasteiger partial charge < -0.3 is 63.0 Å². The van der Waals surface area contributed by atoms with Gasteiger partial charge in [0.25, 0.3) is 0 Å². The maximum atomic E-state index is 15.1. The largest absolute Gasteiger partial charge is 0.480 e. The second-order valence-corrected chi connectivity index (χ2v) is 20.2. The molecule has 0 radical (unpaired) electrons. The standard InChI is InChI=1S/C53H65N11O9S/c1-29(2)21-40(62-51(70)45-17-10-19-64(45)52(71)36(54)18-20-74-3)47(66)59-41(22-30-26-56-37-14-7-4-11-33(30)37)48(67)60-42(23-31-27-57-38-15-8-5-12-34(31)38)49(68)61-43(50(69)63-44(53(72)73)25-46(55)65)24-32-28-58-39-16-9-6-13-35(32)39/h4-9,11-16,26-29,36,40-45,56-58H,10,17-25,54H2,1-3H3,(H2,55,65)(H,59,66)(H,60,67)(H,61,68)(H,62,70)(H,63,69)(H,72,73)/t36-,40-,41-,42-,43-,44-,45-/m0/s1. The number of carbonyl (C=O) groups is 8. The molecule has 1 fully saturated rings. The number of likely N-dealkylation sites (tertiary alicyclic amines) is 1. The van der Waals surface area contributed by atoms with Crippen molar-refractivity contribution in [2.75, 3.05) is 18.6 Å². The lowest BCUT2D eigenvalue weighted by Crippen LogP contribution is -2.60. The number of nitrogens with two attached hydrogens (primary N) is 2. The molecule has 7 amide bonds. The van der Waals surface area contributed by atoms with Crippen molar-refractivity contribution in [3.05, 3.63) is 108 Å². The summed E-state index contributed by atoms with van der Waals surface area (Å²) in [5.41, 5.74) is 15.8. The van der Waals surface area contributed by atoms with Crippen LogP contribution in [0, 0.1) is 5.92 Å². The van der Waals surface area contributed by atoms with Crippen LogP contribution in [-0.4, -0.2) is 133 Å². The van der Waals surface area contributed by atoms with Gasteiger partial charge in [-0.15, -0.1) is 0 Å².